The first-order valence-electron chi connectivity index (χ1n) is 8.03. The van der Waals surface area contributed by atoms with Crippen LogP contribution in [0, 0.1) is 0 Å². The molecule has 6 nitrogen and oxygen atoms in total. The van der Waals surface area contributed by atoms with E-state index in [1.165, 1.54) is 15.9 Å². The number of aromatic nitrogens is 3. The molecule has 136 valence electrons. The molecule has 0 radical (unpaired) electrons. The second kappa shape index (κ2) is 7.34. The zero-order chi connectivity index (χ0) is 18.8. The van der Waals surface area contributed by atoms with Crippen molar-refractivity contribution in [2.24, 2.45) is 0 Å². The standard InChI is InChI=1S/C19H15N3O3S2/c1-24-13-5-7-15(25-2)12(10-13)11-16-18(23)22-19(27-16)20-17(21-22)8-6-14-4-3-9-26-14/h3-11H,1-2H3. The number of thiazole rings is 1. The third-order valence-electron chi connectivity index (χ3n) is 3.86. The van der Waals surface area contributed by atoms with Gasteiger partial charge in [-0.15, -0.1) is 16.4 Å². The molecule has 0 unspecified atom stereocenters. The molecule has 0 spiro atoms. The molecule has 0 fully saturated rings. The summed E-state index contributed by atoms with van der Waals surface area (Å²) in [5.41, 5.74) is 0.555. The van der Waals surface area contributed by atoms with E-state index in [0.29, 0.717) is 26.8 Å². The molecule has 0 aliphatic rings. The van der Waals surface area contributed by atoms with Crippen LogP contribution in [0.4, 0.5) is 0 Å². The summed E-state index contributed by atoms with van der Waals surface area (Å²) in [6.45, 7) is 0. The predicted molar refractivity (Wildman–Crippen MR) is 109 cm³/mol. The molecule has 3 heterocycles. The fourth-order valence-corrected chi connectivity index (χ4v) is 4.08. The van der Waals surface area contributed by atoms with Crippen molar-refractivity contribution in [3.05, 3.63) is 66.9 Å². The maximum atomic E-state index is 12.7. The van der Waals surface area contributed by atoms with Gasteiger partial charge in [0.25, 0.3) is 5.56 Å². The summed E-state index contributed by atoms with van der Waals surface area (Å²) < 4.78 is 12.5. The minimum Gasteiger partial charge on any atom is -0.497 e. The Morgan fingerprint density at radius 3 is 2.74 bits per heavy atom. The Morgan fingerprint density at radius 2 is 2.04 bits per heavy atom. The monoisotopic (exact) mass is 397 g/mol. The number of thiophene rings is 1. The topological polar surface area (TPSA) is 65.7 Å². The molecule has 4 aromatic rings. The number of benzene rings is 1. The summed E-state index contributed by atoms with van der Waals surface area (Å²) in [6, 6.07) is 9.42. The van der Waals surface area contributed by atoms with Crippen LogP contribution in [0.3, 0.4) is 0 Å². The first kappa shape index (κ1) is 17.4. The number of hydrogen-bond donors (Lipinski definition) is 0. The number of nitrogens with zero attached hydrogens (tertiary/aromatic N) is 3. The Morgan fingerprint density at radius 1 is 1.15 bits per heavy atom. The molecule has 0 N–H and O–H groups in total. The number of ether oxygens (including phenoxy) is 2. The number of rotatable bonds is 5. The second-order valence-electron chi connectivity index (χ2n) is 5.54. The van der Waals surface area contributed by atoms with Crippen LogP contribution in [-0.2, 0) is 0 Å². The highest BCUT2D eigenvalue weighted by Gasteiger charge is 2.10. The van der Waals surface area contributed by atoms with Crippen molar-refractivity contribution < 1.29 is 9.47 Å². The number of fused-ring (bicyclic) bond motifs is 1. The van der Waals surface area contributed by atoms with Crippen molar-refractivity contribution in [3.63, 3.8) is 0 Å². The first-order chi connectivity index (χ1) is 13.2. The first-order valence-corrected chi connectivity index (χ1v) is 9.72. The highest BCUT2D eigenvalue weighted by molar-refractivity contribution is 7.15. The van der Waals surface area contributed by atoms with E-state index in [0.717, 1.165) is 10.4 Å². The van der Waals surface area contributed by atoms with Crippen LogP contribution in [0.15, 0.2) is 40.5 Å². The minimum absolute atomic E-state index is 0.205. The van der Waals surface area contributed by atoms with Gasteiger partial charge < -0.3 is 9.47 Å². The molecule has 0 atom stereocenters. The van der Waals surface area contributed by atoms with Crippen LogP contribution in [-0.4, -0.2) is 28.8 Å². The van der Waals surface area contributed by atoms with E-state index in [-0.39, 0.29) is 5.56 Å². The number of hydrogen-bond acceptors (Lipinski definition) is 7. The van der Waals surface area contributed by atoms with Crippen molar-refractivity contribution in [1.29, 1.82) is 0 Å². The molecule has 0 aliphatic heterocycles. The summed E-state index contributed by atoms with van der Waals surface area (Å²) in [7, 11) is 3.19. The molecule has 3 aromatic heterocycles. The minimum atomic E-state index is -0.205. The average Bonchev–Trinajstić information content (AvgIpc) is 3.39. The third-order valence-corrected chi connectivity index (χ3v) is 5.66. The van der Waals surface area contributed by atoms with Gasteiger partial charge in [0.1, 0.15) is 11.5 Å². The van der Waals surface area contributed by atoms with E-state index in [2.05, 4.69) is 10.1 Å². The van der Waals surface area contributed by atoms with Gasteiger partial charge in [-0.3, -0.25) is 4.79 Å². The Kier molecular flexibility index (Phi) is 4.74. The van der Waals surface area contributed by atoms with Gasteiger partial charge in [0.2, 0.25) is 4.96 Å². The lowest BCUT2D eigenvalue weighted by molar-refractivity contribution is 0.402. The van der Waals surface area contributed by atoms with E-state index in [1.807, 2.05) is 35.7 Å². The van der Waals surface area contributed by atoms with Crippen molar-refractivity contribution in [1.82, 2.24) is 14.6 Å². The molecule has 0 saturated carbocycles. The van der Waals surface area contributed by atoms with Gasteiger partial charge in [-0.1, -0.05) is 17.4 Å². The van der Waals surface area contributed by atoms with Crippen LogP contribution < -0.4 is 19.6 Å². The van der Waals surface area contributed by atoms with Crippen LogP contribution in [0.2, 0.25) is 0 Å². The SMILES string of the molecule is COc1ccc(OC)c(C=c2sc3nc(C=Cc4cccs4)nn3c2=O)c1. The van der Waals surface area contributed by atoms with Gasteiger partial charge in [0.05, 0.1) is 18.8 Å². The highest BCUT2D eigenvalue weighted by atomic mass is 32.1. The molecule has 27 heavy (non-hydrogen) atoms. The predicted octanol–water partition coefficient (Wildman–Crippen LogP) is 2.95. The van der Waals surface area contributed by atoms with Gasteiger partial charge in [0.15, 0.2) is 5.82 Å². The van der Waals surface area contributed by atoms with Crippen molar-refractivity contribution >= 4 is 45.9 Å². The zero-order valence-corrected chi connectivity index (χ0v) is 16.2. The molecule has 1 aromatic carbocycles. The molecule has 0 saturated heterocycles. The molecule has 0 bridgehead atoms. The van der Waals surface area contributed by atoms with Crippen molar-refractivity contribution in [2.45, 2.75) is 0 Å². The molecule has 0 amide bonds. The summed E-state index contributed by atoms with van der Waals surface area (Å²) in [5.74, 6) is 1.86. The quantitative estimate of drug-likeness (QED) is 0.518. The lowest BCUT2D eigenvalue weighted by atomic mass is 10.2. The third kappa shape index (κ3) is 3.49. The van der Waals surface area contributed by atoms with Crippen LogP contribution in [0.25, 0.3) is 23.2 Å². The Hall–Kier alpha value is -2.97. The normalized spacial score (nSPS) is 12.3. The molecular weight excluding hydrogens is 382 g/mol. The lowest BCUT2D eigenvalue weighted by Gasteiger charge is -2.06. The van der Waals surface area contributed by atoms with Gasteiger partial charge in [-0.2, -0.15) is 9.50 Å². The van der Waals surface area contributed by atoms with Crippen LogP contribution >= 0.6 is 22.7 Å². The fraction of sp³-hybridized carbons (Fsp3) is 0.105. The number of methoxy groups -OCH3 is 2. The average molecular weight is 397 g/mol. The summed E-state index contributed by atoms with van der Waals surface area (Å²) >= 11 is 2.92. The lowest BCUT2D eigenvalue weighted by Crippen LogP contribution is -2.23. The summed E-state index contributed by atoms with van der Waals surface area (Å²) in [4.78, 5) is 18.8. The smallest absolute Gasteiger partial charge is 0.291 e. The van der Waals surface area contributed by atoms with Crippen LogP contribution in [0.5, 0.6) is 11.5 Å². The van der Waals surface area contributed by atoms with Crippen LogP contribution in [0.1, 0.15) is 16.3 Å². The molecule has 8 heteroatoms. The Labute approximate surface area is 162 Å². The highest BCUT2D eigenvalue weighted by Crippen LogP contribution is 2.24. The van der Waals surface area contributed by atoms with Gasteiger partial charge >= 0.3 is 0 Å². The van der Waals surface area contributed by atoms with E-state index in [9.17, 15) is 4.79 Å². The largest absolute Gasteiger partial charge is 0.497 e. The van der Waals surface area contributed by atoms with E-state index >= 15 is 0 Å². The Balaban J connectivity index is 1.74. The maximum Gasteiger partial charge on any atom is 0.291 e. The maximum absolute atomic E-state index is 12.7. The molecular formula is C19H15N3O3S2. The van der Waals surface area contributed by atoms with Gasteiger partial charge in [-0.05, 0) is 47.9 Å². The van der Waals surface area contributed by atoms with E-state index in [4.69, 9.17) is 9.47 Å². The van der Waals surface area contributed by atoms with Gasteiger partial charge in [-0.25, -0.2) is 0 Å². The fourth-order valence-electron chi connectivity index (χ4n) is 2.56. The second-order valence-corrected chi connectivity index (χ2v) is 7.53. The van der Waals surface area contributed by atoms with Gasteiger partial charge in [0, 0.05) is 10.4 Å². The molecule has 0 aliphatic carbocycles. The molecule has 4 rings (SSSR count). The van der Waals surface area contributed by atoms with Crippen molar-refractivity contribution in [2.75, 3.05) is 14.2 Å². The van der Waals surface area contributed by atoms with E-state index in [1.54, 1.807) is 43.8 Å². The Bertz CT molecular complexity index is 1220. The van der Waals surface area contributed by atoms with Crippen molar-refractivity contribution in [3.8, 4) is 11.5 Å². The van der Waals surface area contributed by atoms with E-state index < -0.39 is 0 Å². The zero-order valence-electron chi connectivity index (χ0n) is 14.6. The summed E-state index contributed by atoms with van der Waals surface area (Å²) in [6.07, 6.45) is 5.51. The summed E-state index contributed by atoms with van der Waals surface area (Å²) in [5, 5.41) is 6.30.